The van der Waals surface area contributed by atoms with Crippen LogP contribution in [-0.2, 0) is 11.2 Å². The summed E-state index contributed by atoms with van der Waals surface area (Å²) in [5.74, 6) is 0.249. The molecule has 4 rings (SSSR count). The van der Waals surface area contributed by atoms with Crippen LogP contribution in [0.3, 0.4) is 0 Å². The number of ether oxygens (including phenoxy) is 1. The van der Waals surface area contributed by atoms with Gasteiger partial charge in [0.25, 0.3) is 0 Å². The molecule has 0 N–H and O–H groups in total. The molecule has 0 aliphatic carbocycles. The van der Waals surface area contributed by atoms with E-state index in [0.717, 1.165) is 36.1 Å². The van der Waals surface area contributed by atoms with Crippen LogP contribution in [0, 0.1) is 5.82 Å². The second kappa shape index (κ2) is 9.94. The Hall–Kier alpha value is -3.55. The number of nitrogens with zero attached hydrogens (tertiary/aromatic N) is 5. The molecule has 0 radical (unpaired) electrons. The number of hydrogen-bond acceptors (Lipinski definition) is 6. The lowest BCUT2D eigenvalue weighted by molar-refractivity contribution is -0.134. The summed E-state index contributed by atoms with van der Waals surface area (Å²) < 4.78 is 19.2. The monoisotopic (exact) mass is 449 g/mol. The van der Waals surface area contributed by atoms with E-state index in [4.69, 9.17) is 9.72 Å². The minimum atomic E-state index is -0.468. The van der Waals surface area contributed by atoms with Crippen molar-refractivity contribution in [3.63, 3.8) is 0 Å². The Morgan fingerprint density at radius 2 is 2.00 bits per heavy atom. The maximum Gasteiger partial charge on any atom is 0.227 e. The van der Waals surface area contributed by atoms with Gasteiger partial charge in [0.1, 0.15) is 0 Å². The fourth-order valence-electron chi connectivity index (χ4n) is 4.22. The highest BCUT2D eigenvalue weighted by Crippen LogP contribution is 2.36. The third-order valence-electron chi connectivity index (χ3n) is 5.91. The lowest BCUT2D eigenvalue weighted by Crippen LogP contribution is -2.40. The molecule has 3 heterocycles. The minimum Gasteiger partial charge on any atom is -0.494 e. The molecule has 1 saturated heterocycles. The maximum absolute atomic E-state index is 14.2. The van der Waals surface area contributed by atoms with Crippen LogP contribution in [0.4, 0.5) is 10.3 Å². The van der Waals surface area contributed by atoms with Crippen LogP contribution < -0.4 is 9.64 Å². The van der Waals surface area contributed by atoms with Crippen molar-refractivity contribution in [1.29, 1.82) is 0 Å². The Bertz CT molecular complexity index is 1120. The first-order valence-electron chi connectivity index (χ1n) is 11.0. The molecule has 1 aromatic carbocycles. The van der Waals surface area contributed by atoms with Gasteiger partial charge in [0.2, 0.25) is 11.9 Å². The summed E-state index contributed by atoms with van der Waals surface area (Å²) >= 11 is 0. The Morgan fingerprint density at radius 3 is 2.70 bits per heavy atom. The zero-order chi connectivity index (χ0) is 23.4. The van der Waals surface area contributed by atoms with E-state index >= 15 is 0 Å². The number of benzene rings is 1. The molecule has 0 unspecified atom stereocenters. The zero-order valence-electron chi connectivity index (χ0n) is 19.2. The van der Waals surface area contributed by atoms with Crippen molar-refractivity contribution in [2.45, 2.75) is 31.7 Å². The van der Waals surface area contributed by atoms with Gasteiger partial charge in [-0.05, 0) is 54.7 Å². The summed E-state index contributed by atoms with van der Waals surface area (Å²) in [6, 6.07) is 8.32. The van der Waals surface area contributed by atoms with E-state index in [9.17, 15) is 9.18 Å². The Kier molecular flexibility index (Phi) is 6.82. The number of piperidine rings is 1. The molecule has 3 aromatic rings. The number of likely N-dealkylation sites (tertiary alicyclic amines) is 1. The topological polar surface area (TPSA) is 71.5 Å². The van der Waals surface area contributed by atoms with Crippen LogP contribution >= 0.6 is 0 Å². The molecule has 8 heteroatoms. The number of methoxy groups -OCH3 is 1. The molecule has 2 aromatic heterocycles. The van der Waals surface area contributed by atoms with Gasteiger partial charge in [-0.25, -0.2) is 14.4 Å². The molecule has 1 aliphatic heterocycles. The van der Waals surface area contributed by atoms with Gasteiger partial charge >= 0.3 is 0 Å². The molecule has 172 valence electrons. The summed E-state index contributed by atoms with van der Waals surface area (Å²) in [6.07, 6.45) is 8.15. The molecule has 0 bridgehead atoms. The second-order valence-electron chi connectivity index (χ2n) is 8.34. The third kappa shape index (κ3) is 4.94. The first kappa shape index (κ1) is 22.6. The number of rotatable bonds is 6. The van der Waals surface area contributed by atoms with Crippen molar-refractivity contribution in [3.8, 4) is 16.9 Å². The molecule has 0 saturated carbocycles. The highest BCUT2D eigenvalue weighted by molar-refractivity contribution is 5.80. The van der Waals surface area contributed by atoms with Gasteiger partial charge < -0.3 is 14.5 Å². The Labute approximate surface area is 193 Å². The standard InChI is InChI=1S/C25H28FN5O2/c1-30(2)25-28-16-19(18-9-11-27-12-10-18)24(29-25)21-6-4-5-13-31(21)23(32)15-17-7-8-22(33-3)20(26)14-17/h7-12,14,16,21H,4-6,13,15H2,1-3H3/t21-/m0/s1. The number of pyridine rings is 1. The average molecular weight is 450 g/mol. The van der Waals surface area contributed by atoms with Crippen LogP contribution in [0.1, 0.15) is 36.6 Å². The predicted molar refractivity (Wildman–Crippen MR) is 125 cm³/mol. The summed E-state index contributed by atoms with van der Waals surface area (Å²) in [6.45, 7) is 0.638. The molecule has 1 amide bonds. The third-order valence-corrected chi connectivity index (χ3v) is 5.91. The molecule has 0 spiro atoms. The van der Waals surface area contributed by atoms with Crippen molar-refractivity contribution >= 4 is 11.9 Å². The highest BCUT2D eigenvalue weighted by Gasteiger charge is 2.31. The first-order chi connectivity index (χ1) is 16.0. The number of halogens is 1. The van der Waals surface area contributed by atoms with Crippen LogP contribution in [0.25, 0.3) is 11.1 Å². The summed E-state index contributed by atoms with van der Waals surface area (Å²) in [5, 5.41) is 0. The fourth-order valence-corrected chi connectivity index (χ4v) is 4.22. The number of aromatic nitrogens is 3. The molecule has 1 fully saturated rings. The zero-order valence-corrected chi connectivity index (χ0v) is 19.2. The van der Waals surface area contributed by atoms with E-state index in [1.54, 1.807) is 24.5 Å². The maximum atomic E-state index is 14.2. The van der Waals surface area contributed by atoms with E-state index in [0.29, 0.717) is 18.1 Å². The molecular weight excluding hydrogens is 421 g/mol. The van der Waals surface area contributed by atoms with Crippen LogP contribution in [0.15, 0.2) is 48.9 Å². The van der Waals surface area contributed by atoms with Crippen molar-refractivity contribution in [3.05, 3.63) is 66.0 Å². The van der Waals surface area contributed by atoms with Crippen molar-refractivity contribution in [2.24, 2.45) is 0 Å². The van der Waals surface area contributed by atoms with Gasteiger partial charge in [0, 0.05) is 44.8 Å². The number of hydrogen-bond donors (Lipinski definition) is 0. The Balaban J connectivity index is 1.68. The number of anilines is 1. The SMILES string of the molecule is COc1ccc(CC(=O)N2CCCC[C@H]2c2nc(N(C)C)ncc2-c2ccncc2)cc1F. The van der Waals surface area contributed by atoms with Gasteiger partial charge in [-0.3, -0.25) is 9.78 Å². The van der Waals surface area contributed by atoms with Gasteiger partial charge in [-0.15, -0.1) is 0 Å². The average Bonchev–Trinajstić information content (AvgIpc) is 2.84. The lowest BCUT2D eigenvalue weighted by Gasteiger charge is -2.36. The van der Waals surface area contributed by atoms with E-state index < -0.39 is 5.82 Å². The predicted octanol–water partition coefficient (Wildman–Crippen LogP) is 4.05. The molecule has 1 atom stereocenters. The van der Waals surface area contributed by atoms with Gasteiger partial charge in [0.15, 0.2) is 11.6 Å². The van der Waals surface area contributed by atoms with Gasteiger partial charge in [-0.2, -0.15) is 0 Å². The van der Waals surface area contributed by atoms with Gasteiger partial charge in [0.05, 0.1) is 25.3 Å². The first-order valence-corrected chi connectivity index (χ1v) is 11.0. The number of carbonyl (C=O) groups is 1. The fraction of sp³-hybridized carbons (Fsp3) is 0.360. The lowest BCUT2D eigenvalue weighted by atomic mass is 9.93. The molecule has 33 heavy (non-hydrogen) atoms. The smallest absolute Gasteiger partial charge is 0.227 e. The van der Waals surface area contributed by atoms with E-state index in [1.807, 2.05) is 42.2 Å². The second-order valence-corrected chi connectivity index (χ2v) is 8.34. The van der Waals surface area contributed by atoms with E-state index in [2.05, 4.69) is 9.97 Å². The Morgan fingerprint density at radius 1 is 1.21 bits per heavy atom. The van der Waals surface area contributed by atoms with E-state index in [-0.39, 0.29) is 24.1 Å². The molecular formula is C25H28FN5O2. The number of carbonyl (C=O) groups excluding carboxylic acids is 1. The van der Waals surface area contributed by atoms with Crippen LogP contribution in [-0.4, -0.2) is 53.5 Å². The summed E-state index contributed by atoms with van der Waals surface area (Å²) in [4.78, 5) is 30.6. The van der Waals surface area contributed by atoms with Crippen LogP contribution in [0.5, 0.6) is 5.75 Å². The molecule has 1 aliphatic rings. The number of amides is 1. The van der Waals surface area contributed by atoms with Crippen molar-refractivity contribution in [1.82, 2.24) is 19.9 Å². The normalized spacial score (nSPS) is 15.9. The quantitative estimate of drug-likeness (QED) is 0.566. The van der Waals surface area contributed by atoms with Crippen molar-refractivity contribution in [2.75, 3.05) is 32.6 Å². The van der Waals surface area contributed by atoms with Gasteiger partial charge in [-0.1, -0.05) is 6.07 Å². The van der Waals surface area contributed by atoms with Crippen molar-refractivity contribution < 1.29 is 13.9 Å². The minimum absolute atomic E-state index is 0.0463. The largest absolute Gasteiger partial charge is 0.494 e. The summed E-state index contributed by atoms with van der Waals surface area (Å²) in [7, 11) is 5.21. The highest BCUT2D eigenvalue weighted by atomic mass is 19.1. The van der Waals surface area contributed by atoms with E-state index in [1.165, 1.54) is 13.2 Å². The molecule has 7 nitrogen and oxygen atoms in total. The summed E-state index contributed by atoms with van der Waals surface area (Å²) in [5.41, 5.74) is 3.30. The van der Waals surface area contributed by atoms with Crippen LogP contribution in [0.2, 0.25) is 0 Å².